The van der Waals surface area contributed by atoms with Crippen LogP contribution in [0.3, 0.4) is 0 Å². The van der Waals surface area contributed by atoms with Gasteiger partial charge in [0.2, 0.25) is 0 Å². The Kier molecular flexibility index (Phi) is 6.25. The second kappa shape index (κ2) is 7.95. The van der Waals surface area contributed by atoms with Crippen LogP contribution in [0.2, 0.25) is 0 Å². The average Bonchev–Trinajstić information content (AvgIpc) is 2.54. The first-order valence-electron chi connectivity index (χ1n) is 8.65. The molecule has 2 nitrogen and oxygen atoms in total. The minimum atomic E-state index is -0.419. The van der Waals surface area contributed by atoms with Gasteiger partial charge >= 0.3 is 0 Å². The molecular formula is C19H31NO. The van der Waals surface area contributed by atoms with E-state index in [-0.39, 0.29) is 6.04 Å². The van der Waals surface area contributed by atoms with Crippen LogP contribution in [-0.2, 0) is 0 Å². The average molecular weight is 289 g/mol. The zero-order chi connectivity index (χ0) is 15.2. The fourth-order valence-electron chi connectivity index (χ4n) is 3.28. The molecule has 0 bridgehead atoms. The number of aliphatic hydroxyl groups is 1. The van der Waals surface area contributed by atoms with E-state index < -0.39 is 6.10 Å². The van der Waals surface area contributed by atoms with Crippen LogP contribution in [-0.4, -0.2) is 17.2 Å². The quantitative estimate of drug-likeness (QED) is 0.805. The summed E-state index contributed by atoms with van der Waals surface area (Å²) in [7, 11) is 0. The third-order valence-corrected chi connectivity index (χ3v) is 5.04. The fourth-order valence-corrected chi connectivity index (χ4v) is 3.28. The summed E-state index contributed by atoms with van der Waals surface area (Å²) in [6.45, 7) is 6.56. The number of benzene rings is 1. The Morgan fingerprint density at radius 1 is 1.05 bits per heavy atom. The first-order valence-corrected chi connectivity index (χ1v) is 8.65. The van der Waals surface area contributed by atoms with Gasteiger partial charge in [0.05, 0.1) is 6.10 Å². The standard InChI is InChI=1S/C19H31NO/c1-4-14(2)16-10-12-17(13-11-16)19(21)15(3)20-18-8-6-5-7-9-18/h10-15,18-21H,4-9H2,1-3H3. The van der Waals surface area contributed by atoms with Crippen molar-refractivity contribution >= 4 is 0 Å². The second-order valence-electron chi connectivity index (χ2n) is 6.71. The molecule has 1 fully saturated rings. The van der Waals surface area contributed by atoms with Gasteiger partial charge in [-0.2, -0.15) is 0 Å². The molecule has 0 saturated heterocycles. The molecule has 1 aliphatic rings. The highest BCUT2D eigenvalue weighted by atomic mass is 16.3. The van der Waals surface area contributed by atoms with E-state index in [2.05, 4.69) is 50.4 Å². The van der Waals surface area contributed by atoms with E-state index in [4.69, 9.17) is 0 Å². The van der Waals surface area contributed by atoms with Gasteiger partial charge < -0.3 is 10.4 Å². The summed E-state index contributed by atoms with van der Waals surface area (Å²) in [5.41, 5.74) is 2.39. The fraction of sp³-hybridized carbons (Fsp3) is 0.684. The number of nitrogens with one attached hydrogen (secondary N) is 1. The van der Waals surface area contributed by atoms with Crippen LogP contribution in [0.15, 0.2) is 24.3 Å². The van der Waals surface area contributed by atoms with Crippen LogP contribution in [0.4, 0.5) is 0 Å². The zero-order valence-electron chi connectivity index (χ0n) is 13.8. The third-order valence-electron chi connectivity index (χ3n) is 5.04. The maximum Gasteiger partial charge on any atom is 0.0940 e. The molecule has 2 heteroatoms. The Balaban J connectivity index is 1.93. The Morgan fingerprint density at radius 2 is 1.62 bits per heavy atom. The Labute approximate surface area is 130 Å². The molecule has 0 radical (unpaired) electrons. The van der Waals surface area contributed by atoms with Crippen molar-refractivity contribution in [1.82, 2.24) is 5.32 Å². The third kappa shape index (κ3) is 4.55. The molecule has 1 aliphatic carbocycles. The Bertz CT molecular complexity index is 408. The van der Waals surface area contributed by atoms with E-state index in [1.807, 2.05) is 0 Å². The monoisotopic (exact) mass is 289 g/mol. The lowest BCUT2D eigenvalue weighted by Gasteiger charge is -2.29. The molecule has 0 spiro atoms. The summed E-state index contributed by atoms with van der Waals surface area (Å²) in [5.74, 6) is 0.592. The van der Waals surface area contributed by atoms with E-state index in [0.29, 0.717) is 12.0 Å². The molecule has 2 rings (SSSR count). The SMILES string of the molecule is CCC(C)c1ccc(C(O)C(C)NC2CCCCC2)cc1. The van der Waals surface area contributed by atoms with E-state index >= 15 is 0 Å². The van der Waals surface area contributed by atoms with Crippen molar-refractivity contribution < 1.29 is 5.11 Å². The number of hydrogen-bond donors (Lipinski definition) is 2. The highest BCUT2D eigenvalue weighted by Gasteiger charge is 2.21. The molecule has 21 heavy (non-hydrogen) atoms. The minimum Gasteiger partial charge on any atom is -0.387 e. The molecular weight excluding hydrogens is 258 g/mol. The maximum absolute atomic E-state index is 10.5. The topological polar surface area (TPSA) is 32.3 Å². The van der Waals surface area contributed by atoms with Crippen molar-refractivity contribution in [3.05, 3.63) is 35.4 Å². The van der Waals surface area contributed by atoms with Gasteiger partial charge in [0.15, 0.2) is 0 Å². The highest BCUT2D eigenvalue weighted by Crippen LogP contribution is 2.24. The van der Waals surface area contributed by atoms with Gasteiger partial charge in [-0.25, -0.2) is 0 Å². The minimum absolute atomic E-state index is 0.113. The van der Waals surface area contributed by atoms with Crippen molar-refractivity contribution in [1.29, 1.82) is 0 Å². The number of aliphatic hydroxyl groups excluding tert-OH is 1. The van der Waals surface area contributed by atoms with Gasteiger partial charge in [-0.1, -0.05) is 57.4 Å². The van der Waals surface area contributed by atoms with Crippen molar-refractivity contribution in [3.63, 3.8) is 0 Å². The molecule has 1 aromatic rings. The number of hydrogen-bond acceptors (Lipinski definition) is 2. The highest BCUT2D eigenvalue weighted by molar-refractivity contribution is 5.27. The molecule has 0 aromatic heterocycles. The van der Waals surface area contributed by atoms with Crippen molar-refractivity contribution in [2.75, 3.05) is 0 Å². The summed E-state index contributed by atoms with van der Waals surface area (Å²) in [6, 6.07) is 9.21. The van der Waals surface area contributed by atoms with Crippen LogP contribution in [0, 0.1) is 0 Å². The van der Waals surface area contributed by atoms with Crippen molar-refractivity contribution in [2.45, 2.75) is 83.4 Å². The summed E-state index contributed by atoms with van der Waals surface area (Å²) in [4.78, 5) is 0. The number of rotatable bonds is 6. The molecule has 0 aliphatic heterocycles. The molecule has 2 N–H and O–H groups in total. The van der Waals surface area contributed by atoms with Gasteiger partial charge in [0, 0.05) is 12.1 Å². The first kappa shape index (κ1) is 16.5. The zero-order valence-corrected chi connectivity index (χ0v) is 13.8. The van der Waals surface area contributed by atoms with Crippen LogP contribution in [0.25, 0.3) is 0 Å². The van der Waals surface area contributed by atoms with E-state index in [1.54, 1.807) is 0 Å². The normalized spacial score (nSPS) is 21.0. The lowest BCUT2D eigenvalue weighted by atomic mass is 9.93. The summed E-state index contributed by atoms with van der Waals surface area (Å²) in [5, 5.41) is 14.2. The second-order valence-corrected chi connectivity index (χ2v) is 6.71. The van der Waals surface area contributed by atoms with Gasteiger partial charge in [-0.05, 0) is 43.2 Å². The molecule has 118 valence electrons. The van der Waals surface area contributed by atoms with Gasteiger partial charge in [-0.15, -0.1) is 0 Å². The molecule has 1 aromatic carbocycles. The predicted octanol–water partition coefficient (Wildman–Crippen LogP) is 4.54. The lowest BCUT2D eigenvalue weighted by Crippen LogP contribution is -2.41. The molecule has 1 saturated carbocycles. The van der Waals surface area contributed by atoms with Crippen LogP contribution >= 0.6 is 0 Å². The van der Waals surface area contributed by atoms with Crippen LogP contribution in [0.1, 0.15) is 82.4 Å². The summed E-state index contributed by atoms with van der Waals surface area (Å²) >= 11 is 0. The Hall–Kier alpha value is -0.860. The van der Waals surface area contributed by atoms with Gasteiger partial charge in [0.25, 0.3) is 0 Å². The Morgan fingerprint density at radius 3 is 2.19 bits per heavy atom. The lowest BCUT2D eigenvalue weighted by molar-refractivity contribution is 0.125. The maximum atomic E-state index is 10.5. The predicted molar refractivity (Wildman–Crippen MR) is 89.6 cm³/mol. The van der Waals surface area contributed by atoms with Gasteiger partial charge in [0.1, 0.15) is 0 Å². The van der Waals surface area contributed by atoms with Crippen molar-refractivity contribution in [3.8, 4) is 0 Å². The first-order chi connectivity index (χ1) is 10.1. The van der Waals surface area contributed by atoms with E-state index in [0.717, 1.165) is 12.0 Å². The van der Waals surface area contributed by atoms with Gasteiger partial charge in [-0.3, -0.25) is 0 Å². The molecule has 0 amide bonds. The van der Waals surface area contributed by atoms with E-state index in [1.165, 1.54) is 37.7 Å². The summed E-state index contributed by atoms with van der Waals surface area (Å²) < 4.78 is 0. The molecule has 3 atom stereocenters. The van der Waals surface area contributed by atoms with E-state index in [9.17, 15) is 5.11 Å². The summed E-state index contributed by atoms with van der Waals surface area (Å²) in [6.07, 6.45) is 7.26. The largest absolute Gasteiger partial charge is 0.387 e. The van der Waals surface area contributed by atoms with Crippen molar-refractivity contribution in [2.24, 2.45) is 0 Å². The molecule has 0 heterocycles. The van der Waals surface area contributed by atoms with Crippen LogP contribution in [0.5, 0.6) is 0 Å². The molecule has 3 unspecified atom stereocenters. The smallest absolute Gasteiger partial charge is 0.0940 e. The van der Waals surface area contributed by atoms with Crippen LogP contribution < -0.4 is 5.32 Å².